The van der Waals surface area contributed by atoms with Gasteiger partial charge in [-0.2, -0.15) is 0 Å². The second kappa shape index (κ2) is 4.77. The van der Waals surface area contributed by atoms with Crippen LogP contribution in [0.4, 0.5) is 5.69 Å². The van der Waals surface area contributed by atoms with Crippen molar-refractivity contribution in [3.63, 3.8) is 0 Å². The number of rotatable bonds is 3. The molecule has 1 aliphatic rings. The normalized spacial score (nSPS) is 15.8. The molecule has 1 aromatic carbocycles. The first-order valence-corrected chi connectivity index (χ1v) is 5.80. The molecule has 1 saturated heterocycles. The van der Waals surface area contributed by atoms with Gasteiger partial charge in [0.25, 0.3) is 0 Å². The molecular formula is C11H13BrN2O. The highest BCUT2D eigenvalue weighted by Gasteiger charge is 2.20. The summed E-state index contributed by atoms with van der Waals surface area (Å²) < 4.78 is 0.921. The van der Waals surface area contributed by atoms with E-state index in [-0.39, 0.29) is 5.91 Å². The van der Waals surface area contributed by atoms with Crippen molar-refractivity contribution in [3.05, 3.63) is 28.7 Å². The Kier molecular flexibility index (Phi) is 3.38. The Labute approximate surface area is 97.4 Å². The van der Waals surface area contributed by atoms with Crippen LogP contribution < -0.4 is 10.6 Å². The minimum absolute atomic E-state index is 0.0911. The third-order valence-electron chi connectivity index (χ3n) is 2.49. The lowest BCUT2D eigenvalue weighted by Crippen LogP contribution is -2.43. The average molecular weight is 269 g/mol. The van der Waals surface area contributed by atoms with Crippen molar-refractivity contribution in [2.24, 2.45) is 5.92 Å². The molecule has 1 amide bonds. The van der Waals surface area contributed by atoms with Gasteiger partial charge in [0.1, 0.15) is 0 Å². The van der Waals surface area contributed by atoms with Crippen LogP contribution in [0.15, 0.2) is 28.7 Å². The fraction of sp³-hybridized carbons (Fsp3) is 0.364. The van der Waals surface area contributed by atoms with E-state index in [2.05, 4.69) is 26.6 Å². The maximum atomic E-state index is 11.6. The van der Waals surface area contributed by atoms with Crippen molar-refractivity contribution in [1.82, 2.24) is 5.32 Å². The molecule has 1 aromatic rings. The summed E-state index contributed by atoms with van der Waals surface area (Å²) in [4.78, 5) is 11.6. The van der Waals surface area contributed by atoms with E-state index < -0.39 is 0 Å². The second-order valence-electron chi connectivity index (χ2n) is 3.76. The number of hydrogen-bond acceptors (Lipinski definition) is 2. The number of amides is 1. The van der Waals surface area contributed by atoms with Crippen molar-refractivity contribution >= 4 is 27.5 Å². The molecular weight excluding hydrogens is 256 g/mol. The van der Waals surface area contributed by atoms with Crippen molar-refractivity contribution < 1.29 is 4.79 Å². The first-order chi connectivity index (χ1) is 7.25. The molecule has 2 rings (SSSR count). The van der Waals surface area contributed by atoms with Crippen LogP contribution in [-0.4, -0.2) is 19.0 Å². The minimum Gasteiger partial charge on any atom is -0.325 e. The second-order valence-corrected chi connectivity index (χ2v) is 4.61. The van der Waals surface area contributed by atoms with E-state index in [1.165, 1.54) is 0 Å². The monoisotopic (exact) mass is 268 g/mol. The Morgan fingerprint density at radius 1 is 1.47 bits per heavy atom. The molecule has 1 fully saturated rings. The predicted molar refractivity (Wildman–Crippen MR) is 63.7 cm³/mol. The van der Waals surface area contributed by atoms with Gasteiger partial charge in [0.15, 0.2) is 0 Å². The van der Waals surface area contributed by atoms with E-state index in [1.54, 1.807) is 0 Å². The highest BCUT2D eigenvalue weighted by Crippen LogP contribution is 2.21. The van der Waals surface area contributed by atoms with E-state index in [4.69, 9.17) is 0 Å². The summed E-state index contributed by atoms with van der Waals surface area (Å²) in [7, 11) is 0. The molecule has 0 atom stereocenters. The summed E-state index contributed by atoms with van der Waals surface area (Å²) >= 11 is 3.39. The molecule has 2 N–H and O–H groups in total. The Bertz CT molecular complexity index is 363. The molecule has 1 aliphatic heterocycles. The van der Waals surface area contributed by atoms with Gasteiger partial charge >= 0.3 is 0 Å². The van der Waals surface area contributed by atoms with Gasteiger partial charge in [0.05, 0.1) is 5.69 Å². The van der Waals surface area contributed by atoms with Crippen LogP contribution in [0.2, 0.25) is 0 Å². The van der Waals surface area contributed by atoms with Crippen LogP contribution >= 0.6 is 15.9 Å². The first kappa shape index (κ1) is 10.6. The molecule has 0 radical (unpaired) electrons. The topological polar surface area (TPSA) is 41.1 Å². The number of carbonyl (C=O) groups excluding carboxylic acids is 1. The first-order valence-electron chi connectivity index (χ1n) is 5.01. The van der Waals surface area contributed by atoms with Gasteiger partial charge in [0, 0.05) is 10.9 Å². The maximum absolute atomic E-state index is 11.6. The summed E-state index contributed by atoms with van der Waals surface area (Å²) in [6, 6.07) is 7.64. The van der Waals surface area contributed by atoms with Crippen LogP contribution in [0.25, 0.3) is 0 Å². The fourth-order valence-electron chi connectivity index (χ4n) is 1.52. The number of halogens is 1. The zero-order valence-corrected chi connectivity index (χ0v) is 9.88. The van der Waals surface area contributed by atoms with E-state index in [0.29, 0.717) is 12.3 Å². The van der Waals surface area contributed by atoms with Gasteiger partial charge in [-0.1, -0.05) is 12.1 Å². The highest BCUT2D eigenvalue weighted by atomic mass is 79.9. The number of para-hydroxylation sites is 1. The Hall–Kier alpha value is -0.870. The molecule has 15 heavy (non-hydrogen) atoms. The summed E-state index contributed by atoms with van der Waals surface area (Å²) in [5.41, 5.74) is 0.842. The van der Waals surface area contributed by atoms with E-state index in [9.17, 15) is 4.79 Å². The molecule has 1 heterocycles. The highest BCUT2D eigenvalue weighted by molar-refractivity contribution is 9.10. The van der Waals surface area contributed by atoms with Gasteiger partial charge in [-0.05, 0) is 47.1 Å². The molecule has 0 saturated carbocycles. The molecule has 0 spiro atoms. The molecule has 80 valence electrons. The van der Waals surface area contributed by atoms with Crippen molar-refractivity contribution in [3.8, 4) is 0 Å². The van der Waals surface area contributed by atoms with Crippen LogP contribution in [0.1, 0.15) is 6.42 Å². The zero-order chi connectivity index (χ0) is 10.7. The van der Waals surface area contributed by atoms with E-state index in [0.717, 1.165) is 23.2 Å². The quantitative estimate of drug-likeness (QED) is 0.881. The lowest BCUT2D eigenvalue weighted by atomic mass is 9.99. The largest absolute Gasteiger partial charge is 0.325 e. The maximum Gasteiger partial charge on any atom is 0.224 e. The lowest BCUT2D eigenvalue weighted by molar-refractivity contribution is -0.117. The number of hydrogen-bond donors (Lipinski definition) is 2. The SMILES string of the molecule is O=C(CC1CNC1)Nc1ccccc1Br. The summed E-state index contributed by atoms with van der Waals surface area (Å²) in [5.74, 6) is 0.598. The van der Waals surface area contributed by atoms with Crippen LogP contribution in [0.5, 0.6) is 0 Å². The summed E-state index contributed by atoms with van der Waals surface area (Å²) in [5, 5.41) is 6.05. The van der Waals surface area contributed by atoms with Gasteiger partial charge in [0.2, 0.25) is 5.91 Å². The molecule has 3 nitrogen and oxygen atoms in total. The van der Waals surface area contributed by atoms with Gasteiger partial charge in [-0.3, -0.25) is 4.79 Å². The lowest BCUT2D eigenvalue weighted by Gasteiger charge is -2.26. The summed E-state index contributed by atoms with van der Waals surface area (Å²) in [6.45, 7) is 1.92. The molecule has 0 bridgehead atoms. The van der Waals surface area contributed by atoms with Crippen molar-refractivity contribution in [2.75, 3.05) is 18.4 Å². The smallest absolute Gasteiger partial charge is 0.224 e. The standard InChI is InChI=1S/C11H13BrN2O/c12-9-3-1-2-4-10(9)14-11(15)5-8-6-13-7-8/h1-4,8,13H,5-7H2,(H,14,15). The third-order valence-corrected chi connectivity index (χ3v) is 3.18. The van der Waals surface area contributed by atoms with Gasteiger partial charge in [-0.25, -0.2) is 0 Å². The van der Waals surface area contributed by atoms with Gasteiger partial charge < -0.3 is 10.6 Å². The number of carbonyl (C=O) groups is 1. The Balaban J connectivity index is 1.90. The predicted octanol–water partition coefficient (Wildman–Crippen LogP) is 2.00. The molecule has 0 aliphatic carbocycles. The number of anilines is 1. The molecule has 0 aromatic heterocycles. The zero-order valence-electron chi connectivity index (χ0n) is 8.29. The number of nitrogens with one attached hydrogen (secondary N) is 2. The fourth-order valence-corrected chi connectivity index (χ4v) is 1.90. The van der Waals surface area contributed by atoms with Crippen molar-refractivity contribution in [2.45, 2.75) is 6.42 Å². The summed E-state index contributed by atoms with van der Waals surface area (Å²) in [6.07, 6.45) is 0.605. The van der Waals surface area contributed by atoms with Crippen molar-refractivity contribution in [1.29, 1.82) is 0 Å². The van der Waals surface area contributed by atoms with E-state index in [1.807, 2.05) is 24.3 Å². The van der Waals surface area contributed by atoms with Crippen LogP contribution in [0, 0.1) is 5.92 Å². The van der Waals surface area contributed by atoms with Gasteiger partial charge in [-0.15, -0.1) is 0 Å². The Morgan fingerprint density at radius 3 is 2.80 bits per heavy atom. The minimum atomic E-state index is 0.0911. The average Bonchev–Trinajstić information content (AvgIpc) is 2.16. The van der Waals surface area contributed by atoms with Crippen LogP contribution in [0.3, 0.4) is 0 Å². The number of benzene rings is 1. The third kappa shape index (κ3) is 2.79. The molecule has 4 heteroatoms. The Morgan fingerprint density at radius 2 is 2.20 bits per heavy atom. The molecule has 0 unspecified atom stereocenters. The van der Waals surface area contributed by atoms with E-state index >= 15 is 0 Å². The van der Waals surface area contributed by atoms with Crippen LogP contribution in [-0.2, 0) is 4.79 Å².